The summed E-state index contributed by atoms with van der Waals surface area (Å²) in [5, 5.41) is 14.3. The van der Waals surface area contributed by atoms with Gasteiger partial charge in [-0.05, 0) is 12.0 Å². The Labute approximate surface area is 184 Å². The molecule has 0 spiro atoms. The van der Waals surface area contributed by atoms with E-state index in [0.717, 1.165) is 11.3 Å². The maximum absolute atomic E-state index is 13.3. The number of aliphatic hydroxyl groups is 1. The number of piperidine rings is 1. The lowest BCUT2D eigenvalue weighted by atomic mass is 10.00. The van der Waals surface area contributed by atoms with Crippen molar-refractivity contribution in [2.75, 3.05) is 44.6 Å². The summed E-state index contributed by atoms with van der Waals surface area (Å²) in [7, 11) is 0. The second-order valence-electron chi connectivity index (χ2n) is 8.66. The van der Waals surface area contributed by atoms with Gasteiger partial charge in [0.25, 0.3) is 5.92 Å². The predicted molar refractivity (Wildman–Crippen MR) is 117 cm³/mol. The van der Waals surface area contributed by atoms with E-state index in [0.29, 0.717) is 44.3 Å². The number of aromatic nitrogens is 1. The highest BCUT2D eigenvalue weighted by Gasteiger charge is 2.41. The van der Waals surface area contributed by atoms with Crippen LogP contribution in [0.4, 0.5) is 13.9 Å². The van der Waals surface area contributed by atoms with Crippen molar-refractivity contribution >= 4 is 22.4 Å². The zero-order valence-electron chi connectivity index (χ0n) is 17.4. The molecule has 1 atom stereocenters. The normalized spacial score (nSPS) is 24.4. The first-order valence-electron chi connectivity index (χ1n) is 10.6. The van der Waals surface area contributed by atoms with Gasteiger partial charge >= 0.3 is 0 Å². The van der Waals surface area contributed by atoms with Gasteiger partial charge in [-0.3, -0.25) is 14.6 Å². The van der Waals surface area contributed by atoms with E-state index in [9.17, 15) is 18.7 Å². The number of likely N-dealkylation sites (tertiary alicyclic amines) is 2. The molecule has 1 unspecified atom stereocenters. The van der Waals surface area contributed by atoms with Crippen LogP contribution >= 0.6 is 11.3 Å². The summed E-state index contributed by atoms with van der Waals surface area (Å²) in [5.74, 6) is -2.75. The number of halogens is 2. The summed E-state index contributed by atoms with van der Waals surface area (Å²) in [6.45, 7) is 2.11. The predicted octanol–water partition coefficient (Wildman–Crippen LogP) is 2.84. The topological polar surface area (TPSA) is 68.7 Å². The highest BCUT2D eigenvalue weighted by atomic mass is 32.1. The summed E-state index contributed by atoms with van der Waals surface area (Å²) in [4.78, 5) is 21.6. The van der Waals surface area contributed by atoms with Crippen LogP contribution in [0.1, 0.15) is 29.7 Å². The minimum absolute atomic E-state index is 0.157. The third-order valence-corrected chi connectivity index (χ3v) is 6.82. The van der Waals surface area contributed by atoms with E-state index in [-0.39, 0.29) is 25.3 Å². The van der Waals surface area contributed by atoms with Crippen molar-refractivity contribution in [3.05, 3.63) is 47.0 Å². The van der Waals surface area contributed by atoms with Gasteiger partial charge in [-0.25, -0.2) is 13.8 Å². The molecule has 168 valence electrons. The first-order valence-corrected chi connectivity index (χ1v) is 11.4. The molecule has 0 aliphatic carbocycles. The Bertz CT molecular complexity index is 885. The van der Waals surface area contributed by atoms with Gasteiger partial charge < -0.3 is 10.4 Å². The number of hydrogen-bond acceptors (Lipinski definition) is 6. The van der Waals surface area contributed by atoms with Crippen LogP contribution in [0, 0.1) is 0 Å². The average Bonchev–Trinajstić information content (AvgIpc) is 3.30. The molecule has 4 rings (SSSR count). The third-order valence-electron chi connectivity index (χ3n) is 5.91. The minimum atomic E-state index is -2.59. The second-order valence-corrected chi connectivity index (χ2v) is 9.77. The molecular weight excluding hydrogens is 422 g/mol. The van der Waals surface area contributed by atoms with Gasteiger partial charge in [0.15, 0.2) is 5.13 Å². The van der Waals surface area contributed by atoms with Crippen LogP contribution in [0.2, 0.25) is 0 Å². The average molecular weight is 451 g/mol. The number of thiazole rings is 1. The maximum atomic E-state index is 13.3. The Hall–Kier alpha value is -1.94. The van der Waals surface area contributed by atoms with Gasteiger partial charge in [-0.1, -0.05) is 30.3 Å². The Morgan fingerprint density at radius 2 is 1.84 bits per heavy atom. The SMILES string of the molecule is O=C(CN1CCC(O)(CN2CCC(F)(F)CC2)C1)Nc1ncc(Cc2ccccc2)s1. The fourth-order valence-electron chi connectivity index (χ4n) is 4.27. The molecule has 2 aromatic rings. The number of nitrogens with zero attached hydrogens (tertiary/aromatic N) is 3. The Balaban J connectivity index is 1.22. The summed E-state index contributed by atoms with van der Waals surface area (Å²) in [5.41, 5.74) is 0.231. The van der Waals surface area contributed by atoms with E-state index < -0.39 is 11.5 Å². The summed E-state index contributed by atoms with van der Waals surface area (Å²) >= 11 is 1.46. The van der Waals surface area contributed by atoms with Crippen LogP contribution in [-0.4, -0.2) is 76.6 Å². The monoisotopic (exact) mass is 450 g/mol. The lowest BCUT2D eigenvalue weighted by Gasteiger charge is -2.36. The molecule has 3 heterocycles. The number of benzene rings is 1. The number of hydrogen-bond donors (Lipinski definition) is 2. The van der Waals surface area contributed by atoms with Crippen molar-refractivity contribution in [3.63, 3.8) is 0 Å². The number of rotatable bonds is 7. The molecule has 31 heavy (non-hydrogen) atoms. The van der Waals surface area contributed by atoms with E-state index in [1.807, 2.05) is 28.0 Å². The van der Waals surface area contributed by atoms with Crippen LogP contribution in [-0.2, 0) is 11.2 Å². The first-order chi connectivity index (χ1) is 14.8. The second kappa shape index (κ2) is 9.28. The van der Waals surface area contributed by atoms with Crippen LogP contribution in [0.5, 0.6) is 0 Å². The minimum Gasteiger partial charge on any atom is -0.387 e. The van der Waals surface area contributed by atoms with Crippen LogP contribution in [0.3, 0.4) is 0 Å². The molecule has 6 nitrogen and oxygen atoms in total. The lowest BCUT2D eigenvalue weighted by molar-refractivity contribution is -0.117. The van der Waals surface area contributed by atoms with Crippen LogP contribution in [0.15, 0.2) is 36.5 Å². The zero-order chi connectivity index (χ0) is 21.9. The summed E-state index contributed by atoms with van der Waals surface area (Å²) < 4.78 is 26.7. The van der Waals surface area contributed by atoms with Crippen molar-refractivity contribution in [3.8, 4) is 0 Å². The van der Waals surface area contributed by atoms with E-state index in [4.69, 9.17) is 0 Å². The fraction of sp³-hybridized carbons (Fsp3) is 0.545. The molecule has 0 saturated carbocycles. The van der Waals surface area contributed by atoms with E-state index in [2.05, 4.69) is 22.4 Å². The van der Waals surface area contributed by atoms with Crippen molar-refractivity contribution < 1.29 is 18.7 Å². The number of anilines is 1. The molecule has 9 heteroatoms. The third kappa shape index (κ3) is 6.29. The summed E-state index contributed by atoms with van der Waals surface area (Å²) in [6, 6.07) is 10.1. The van der Waals surface area contributed by atoms with E-state index in [1.165, 1.54) is 16.9 Å². The number of alkyl halides is 2. The highest BCUT2D eigenvalue weighted by molar-refractivity contribution is 7.15. The molecule has 0 radical (unpaired) electrons. The van der Waals surface area contributed by atoms with Gasteiger partial charge in [0.05, 0.1) is 12.1 Å². The molecule has 2 N–H and O–H groups in total. The molecule has 1 aromatic heterocycles. The Morgan fingerprint density at radius 1 is 1.13 bits per heavy atom. The van der Waals surface area contributed by atoms with Gasteiger partial charge in [-0.2, -0.15) is 0 Å². The smallest absolute Gasteiger partial charge is 0.250 e. The van der Waals surface area contributed by atoms with Crippen molar-refractivity contribution in [2.45, 2.75) is 37.2 Å². The van der Waals surface area contributed by atoms with Gasteiger partial charge in [0, 0.05) is 63.1 Å². The standard InChI is InChI=1S/C22H28F2N4O2S/c23-22(24)7-10-27(11-8-22)15-21(30)6-9-28(16-21)14-19(29)26-20-25-13-18(31-20)12-17-4-2-1-3-5-17/h1-5,13,30H,6-12,14-16H2,(H,25,26,29). The van der Waals surface area contributed by atoms with Crippen molar-refractivity contribution in [1.82, 2.24) is 14.8 Å². The fourth-order valence-corrected chi connectivity index (χ4v) is 5.13. The molecule has 2 aliphatic rings. The molecule has 0 bridgehead atoms. The molecule has 1 amide bonds. The van der Waals surface area contributed by atoms with Gasteiger partial charge in [0.2, 0.25) is 5.91 Å². The number of carbonyl (C=O) groups excluding carboxylic acids is 1. The van der Waals surface area contributed by atoms with Crippen LogP contribution in [0.25, 0.3) is 0 Å². The first kappa shape index (κ1) is 22.3. The highest BCUT2D eigenvalue weighted by Crippen LogP contribution is 2.30. The van der Waals surface area contributed by atoms with E-state index in [1.54, 1.807) is 6.20 Å². The molecule has 1 aromatic carbocycles. The Morgan fingerprint density at radius 3 is 2.58 bits per heavy atom. The Kier molecular flexibility index (Phi) is 6.66. The lowest BCUT2D eigenvalue weighted by Crippen LogP contribution is -2.49. The number of carbonyl (C=O) groups is 1. The van der Waals surface area contributed by atoms with E-state index >= 15 is 0 Å². The molecule has 2 fully saturated rings. The summed E-state index contributed by atoms with van der Waals surface area (Å²) in [6.07, 6.45) is 2.77. The number of nitrogens with one attached hydrogen (secondary N) is 1. The van der Waals surface area contributed by atoms with Crippen molar-refractivity contribution in [2.24, 2.45) is 0 Å². The maximum Gasteiger partial charge on any atom is 0.250 e. The molecular formula is C22H28F2N4O2S. The van der Waals surface area contributed by atoms with Crippen molar-refractivity contribution in [1.29, 1.82) is 0 Å². The number of amides is 1. The quantitative estimate of drug-likeness (QED) is 0.679. The van der Waals surface area contributed by atoms with Gasteiger partial charge in [0.1, 0.15) is 0 Å². The number of β-amino-alcohol motifs (C(OH)–C–C–N with tert-alkyl or cyclic N) is 1. The zero-order valence-corrected chi connectivity index (χ0v) is 18.2. The largest absolute Gasteiger partial charge is 0.387 e. The van der Waals surface area contributed by atoms with Crippen LogP contribution < -0.4 is 5.32 Å². The molecule has 2 aliphatic heterocycles. The molecule has 2 saturated heterocycles. The van der Waals surface area contributed by atoms with Gasteiger partial charge in [-0.15, -0.1) is 11.3 Å².